The maximum absolute atomic E-state index is 7.61. The second-order valence-electron chi connectivity index (χ2n) is 4.90. The van der Waals surface area contributed by atoms with Crippen LogP contribution >= 0.6 is 0 Å². The van der Waals surface area contributed by atoms with Crippen LogP contribution in [0, 0.1) is 12.3 Å². The molecule has 0 heterocycles. The number of amidine groups is 1. The molecule has 21 heavy (non-hydrogen) atoms. The molecule has 2 aromatic carbocycles. The lowest BCUT2D eigenvalue weighted by Crippen LogP contribution is -2.12. The van der Waals surface area contributed by atoms with Crippen LogP contribution in [0.1, 0.15) is 16.7 Å². The molecule has 4 nitrogen and oxygen atoms in total. The summed E-state index contributed by atoms with van der Waals surface area (Å²) in [5.74, 6) is 1.33. The second kappa shape index (κ2) is 6.90. The number of hydrogen-bond acceptors (Lipinski definition) is 3. The summed E-state index contributed by atoms with van der Waals surface area (Å²) in [5, 5.41) is 7.61. The molecule has 0 saturated carbocycles. The molecule has 0 atom stereocenters. The van der Waals surface area contributed by atoms with Gasteiger partial charge in [-0.05, 0) is 48.7 Å². The van der Waals surface area contributed by atoms with Gasteiger partial charge in [-0.25, -0.2) is 0 Å². The molecule has 0 saturated heterocycles. The van der Waals surface area contributed by atoms with Crippen molar-refractivity contribution in [2.24, 2.45) is 5.73 Å². The van der Waals surface area contributed by atoms with Gasteiger partial charge in [0.2, 0.25) is 0 Å². The van der Waals surface area contributed by atoms with Crippen LogP contribution in [-0.2, 0) is 11.2 Å². The van der Waals surface area contributed by atoms with Gasteiger partial charge in [-0.15, -0.1) is 0 Å². The van der Waals surface area contributed by atoms with E-state index in [0.717, 1.165) is 17.7 Å². The zero-order valence-corrected chi connectivity index (χ0v) is 12.3. The predicted octanol–water partition coefficient (Wildman–Crippen LogP) is 3.26. The number of aryl methyl sites for hydroxylation is 1. The summed E-state index contributed by atoms with van der Waals surface area (Å²) in [4.78, 5) is 0. The SMILES string of the molecule is COCCc1ccc(Oc2cc(C)ccc2C(=N)N)cc1. The molecule has 0 bridgehead atoms. The van der Waals surface area contributed by atoms with Gasteiger partial charge in [-0.1, -0.05) is 18.2 Å². The third-order valence-electron chi connectivity index (χ3n) is 3.17. The monoisotopic (exact) mass is 284 g/mol. The van der Waals surface area contributed by atoms with Crippen LogP contribution in [0.15, 0.2) is 42.5 Å². The first-order valence-electron chi connectivity index (χ1n) is 6.81. The molecule has 0 amide bonds. The summed E-state index contributed by atoms with van der Waals surface area (Å²) >= 11 is 0. The normalized spacial score (nSPS) is 10.4. The van der Waals surface area contributed by atoms with E-state index in [1.807, 2.05) is 43.3 Å². The molecule has 0 radical (unpaired) electrons. The number of nitrogens with one attached hydrogen (secondary N) is 1. The Morgan fingerprint density at radius 1 is 1.14 bits per heavy atom. The fraction of sp³-hybridized carbons (Fsp3) is 0.235. The minimum Gasteiger partial charge on any atom is -0.457 e. The van der Waals surface area contributed by atoms with Gasteiger partial charge in [0.05, 0.1) is 12.2 Å². The molecule has 0 fully saturated rings. The van der Waals surface area contributed by atoms with Gasteiger partial charge in [0, 0.05) is 7.11 Å². The lowest BCUT2D eigenvalue weighted by molar-refractivity contribution is 0.202. The molecule has 3 N–H and O–H groups in total. The van der Waals surface area contributed by atoms with E-state index in [0.29, 0.717) is 17.9 Å². The highest BCUT2D eigenvalue weighted by molar-refractivity contribution is 5.97. The first kappa shape index (κ1) is 15.1. The maximum Gasteiger partial charge on any atom is 0.138 e. The van der Waals surface area contributed by atoms with E-state index in [1.54, 1.807) is 13.2 Å². The highest BCUT2D eigenvalue weighted by Gasteiger charge is 2.08. The van der Waals surface area contributed by atoms with E-state index in [-0.39, 0.29) is 5.84 Å². The number of rotatable bonds is 6. The van der Waals surface area contributed by atoms with Gasteiger partial charge in [0.15, 0.2) is 0 Å². The zero-order valence-electron chi connectivity index (χ0n) is 12.3. The van der Waals surface area contributed by atoms with Crippen molar-refractivity contribution in [2.45, 2.75) is 13.3 Å². The first-order chi connectivity index (χ1) is 10.1. The lowest BCUT2D eigenvalue weighted by Gasteiger charge is -2.11. The van der Waals surface area contributed by atoms with Crippen molar-refractivity contribution in [3.8, 4) is 11.5 Å². The van der Waals surface area contributed by atoms with Gasteiger partial charge in [0.1, 0.15) is 17.3 Å². The highest BCUT2D eigenvalue weighted by Crippen LogP contribution is 2.26. The molecular weight excluding hydrogens is 264 g/mol. The van der Waals surface area contributed by atoms with Gasteiger partial charge < -0.3 is 15.2 Å². The number of ether oxygens (including phenoxy) is 2. The number of methoxy groups -OCH3 is 1. The molecule has 2 aromatic rings. The van der Waals surface area contributed by atoms with E-state index in [4.69, 9.17) is 20.6 Å². The third-order valence-corrected chi connectivity index (χ3v) is 3.17. The minimum absolute atomic E-state index is 0.00159. The van der Waals surface area contributed by atoms with Gasteiger partial charge in [0.25, 0.3) is 0 Å². The Morgan fingerprint density at radius 3 is 2.48 bits per heavy atom. The first-order valence-corrected chi connectivity index (χ1v) is 6.81. The van der Waals surface area contributed by atoms with Crippen molar-refractivity contribution < 1.29 is 9.47 Å². The summed E-state index contributed by atoms with van der Waals surface area (Å²) in [7, 11) is 1.69. The summed E-state index contributed by atoms with van der Waals surface area (Å²) in [6, 6.07) is 13.5. The smallest absolute Gasteiger partial charge is 0.138 e. The Kier molecular flexibility index (Phi) is 4.95. The molecule has 0 aromatic heterocycles. The standard InChI is InChI=1S/C17H20N2O2/c1-12-3-8-15(17(18)19)16(11-12)21-14-6-4-13(5-7-14)9-10-20-2/h3-8,11H,9-10H2,1-2H3,(H3,18,19). The minimum atomic E-state index is 0.00159. The maximum atomic E-state index is 7.61. The van der Waals surface area contributed by atoms with E-state index in [9.17, 15) is 0 Å². The molecule has 0 aliphatic rings. The van der Waals surface area contributed by atoms with Crippen LogP contribution in [0.3, 0.4) is 0 Å². The van der Waals surface area contributed by atoms with E-state index < -0.39 is 0 Å². The van der Waals surface area contributed by atoms with Crippen molar-refractivity contribution in [3.05, 3.63) is 59.2 Å². The molecule has 0 spiro atoms. The van der Waals surface area contributed by atoms with Crippen LogP contribution in [0.5, 0.6) is 11.5 Å². The fourth-order valence-electron chi connectivity index (χ4n) is 2.01. The number of nitrogen functional groups attached to an aromatic ring is 1. The Hall–Kier alpha value is -2.33. The van der Waals surface area contributed by atoms with Crippen molar-refractivity contribution in [1.82, 2.24) is 0 Å². The van der Waals surface area contributed by atoms with Crippen LogP contribution < -0.4 is 10.5 Å². The highest BCUT2D eigenvalue weighted by atomic mass is 16.5. The van der Waals surface area contributed by atoms with E-state index in [2.05, 4.69) is 0 Å². The molecule has 0 unspecified atom stereocenters. The number of nitrogens with two attached hydrogens (primary N) is 1. The fourth-order valence-corrected chi connectivity index (χ4v) is 2.01. The van der Waals surface area contributed by atoms with E-state index in [1.165, 1.54) is 5.56 Å². The second-order valence-corrected chi connectivity index (χ2v) is 4.90. The van der Waals surface area contributed by atoms with Crippen LogP contribution in [0.25, 0.3) is 0 Å². The Bertz CT molecular complexity index is 621. The zero-order chi connectivity index (χ0) is 15.2. The topological polar surface area (TPSA) is 68.3 Å². The van der Waals surface area contributed by atoms with Gasteiger partial charge in [-0.3, -0.25) is 5.41 Å². The molecular formula is C17H20N2O2. The Labute approximate surface area is 125 Å². The summed E-state index contributed by atoms with van der Waals surface area (Å²) in [6.07, 6.45) is 0.875. The summed E-state index contributed by atoms with van der Waals surface area (Å²) in [6.45, 7) is 2.68. The molecule has 0 aliphatic heterocycles. The quantitative estimate of drug-likeness (QED) is 0.632. The molecule has 2 rings (SSSR count). The number of benzene rings is 2. The molecule has 0 aliphatic carbocycles. The molecule has 4 heteroatoms. The van der Waals surface area contributed by atoms with Crippen LogP contribution in [0.4, 0.5) is 0 Å². The lowest BCUT2D eigenvalue weighted by atomic mass is 10.1. The van der Waals surface area contributed by atoms with Crippen molar-refractivity contribution in [2.75, 3.05) is 13.7 Å². The predicted molar refractivity (Wildman–Crippen MR) is 84.3 cm³/mol. The van der Waals surface area contributed by atoms with Gasteiger partial charge >= 0.3 is 0 Å². The largest absolute Gasteiger partial charge is 0.457 e. The Balaban J connectivity index is 2.18. The third kappa shape index (κ3) is 4.07. The summed E-state index contributed by atoms with van der Waals surface area (Å²) < 4.78 is 10.9. The van der Waals surface area contributed by atoms with Crippen LogP contribution in [-0.4, -0.2) is 19.6 Å². The summed E-state index contributed by atoms with van der Waals surface area (Å²) in [5.41, 5.74) is 8.44. The van der Waals surface area contributed by atoms with Gasteiger partial charge in [-0.2, -0.15) is 0 Å². The number of hydrogen-bond donors (Lipinski definition) is 2. The average Bonchev–Trinajstić information content (AvgIpc) is 2.46. The average molecular weight is 284 g/mol. The van der Waals surface area contributed by atoms with Crippen molar-refractivity contribution >= 4 is 5.84 Å². The van der Waals surface area contributed by atoms with Crippen LogP contribution in [0.2, 0.25) is 0 Å². The molecule has 110 valence electrons. The Morgan fingerprint density at radius 2 is 1.86 bits per heavy atom. The van der Waals surface area contributed by atoms with E-state index >= 15 is 0 Å². The van der Waals surface area contributed by atoms with Crippen molar-refractivity contribution in [1.29, 1.82) is 5.41 Å². The van der Waals surface area contributed by atoms with Crippen molar-refractivity contribution in [3.63, 3.8) is 0 Å².